The minimum absolute atomic E-state index is 0.169. The molecule has 2 rings (SSSR count). The molecule has 2 atom stereocenters. The minimum Gasteiger partial charge on any atom is -0.312 e. The first-order valence-electron chi connectivity index (χ1n) is 6.29. The summed E-state index contributed by atoms with van der Waals surface area (Å²) in [5.41, 5.74) is 1.18. The van der Waals surface area contributed by atoms with Crippen molar-refractivity contribution in [1.82, 2.24) is 10.2 Å². The predicted molar refractivity (Wildman–Crippen MR) is 70.5 cm³/mol. The summed E-state index contributed by atoms with van der Waals surface area (Å²) in [5, 5.41) is 14.2. The Labute approximate surface area is 107 Å². The van der Waals surface area contributed by atoms with E-state index in [9.17, 15) is 10.1 Å². The predicted octanol–water partition coefficient (Wildman–Crippen LogP) is 1.95. The van der Waals surface area contributed by atoms with Crippen LogP contribution in [-0.4, -0.2) is 35.5 Å². The maximum atomic E-state index is 10.8. The molecule has 5 nitrogen and oxygen atoms in total. The van der Waals surface area contributed by atoms with Crippen LogP contribution in [0.4, 0.5) is 5.69 Å². The van der Waals surface area contributed by atoms with Crippen molar-refractivity contribution in [2.45, 2.75) is 25.9 Å². The quantitative estimate of drug-likeness (QED) is 0.657. The van der Waals surface area contributed by atoms with Gasteiger partial charge in [-0.25, -0.2) is 0 Å². The molecule has 1 N–H and O–H groups in total. The van der Waals surface area contributed by atoms with E-state index >= 15 is 0 Å². The van der Waals surface area contributed by atoms with Gasteiger partial charge in [0, 0.05) is 43.9 Å². The van der Waals surface area contributed by atoms with Crippen LogP contribution in [0, 0.1) is 10.1 Å². The second kappa shape index (κ2) is 5.46. The van der Waals surface area contributed by atoms with E-state index in [0.29, 0.717) is 6.04 Å². The van der Waals surface area contributed by atoms with Crippen LogP contribution in [0.5, 0.6) is 0 Å². The Bertz CT molecular complexity index is 436. The lowest BCUT2D eigenvalue weighted by Crippen LogP contribution is -2.49. The van der Waals surface area contributed by atoms with Crippen LogP contribution < -0.4 is 5.32 Å². The molecular formula is C13H19N3O2. The lowest BCUT2D eigenvalue weighted by Gasteiger charge is -2.36. The highest BCUT2D eigenvalue weighted by Crippen LogP contribution is 2.24. The summed E-state index contributed by atoms with van der Waals surface area (Å²) in [5.74, 6) is 0. The molecule has 1 aromatic rings. The van der Waals surface area contributed by atoms with E-state index < -0.39 is 0 Å². The van der Waals surface area contributed by atoms with Crippen molar-refractivity contribution in [1.29, 1.82) is 0 Å². The average Bonchev–Trinajstić information content (AvgIpc) is 2.38. The lowest BCUT2D eigenvalue weighted by atomic mass is 10.0. The molecule has 98 valence electrons. The summed E-state index contributed by atoms with van der Waals surface area (Å²) < 4.78 is 0. The third kappa shape index (κ3) is 2.86. The summed E-state index contributed by atoms with van der Waals surface area (Å²) >= 11 is 0. The van der Waals surface area contributed by atoms with Crippen LogP contribution in [0.1, 0.15) is 25.5 Å². The number of piperazine rings is 1. The summed E-state index contributed by atoms with van der Waals surface area (Å²) in [6.07, 6.45) is 0. The maximum absolute atomic E-state index is 10.8. The fourth-order valence-corrected chi connectivity index (χ4v) is 2.42. The molecule has 2 unspecified atom stereocenters. The third-order valence-corrected chi connectivity index (χ3v) is 3.51. The second-order valence-electron chi connectivity index (χ2n) is 4.88. The Hall–Kier alpha value is -1.46. The van der Waals surface area contributed by atoms with Gasteiger partial charge < -0.3 is 5.32 Å². The highest BCUT2D eigenvalue weighted by Gasteiger charge is 2.22. The van der Waals surface area contributed by atoms with Crippen LogP contribution in [0.3, 0.4) is 0 Å². The minimum atomic E-state index is -0.337. The van der Waals surface area contributed by atoms with Gasteiger partial charge in [0.2, 0.25) is 0 Å². The molecule has 1 aliphatic heterocycles. The highest BCUT2D eigenvalue weighted by atomic mass is 16.6. The number of benzene rings is 1. The lowest BCUT2D eigenvalue weighted by molar-refractivity contribution is -0.384. The zero-order valence-corrected chi connectivity index (χ0v) is 10.8. The monoisotopic (exact) mass is 249 g/mol. The van der Waals surface area contributed by atoms with Crippen molar-refractivity contribution in [3.63, 3.8) is 0 Å². The number of nitro groups is 1. The van der Waals surface area contributed by atoms with Gasteiger partial charge in [-0.2, -0.15) is 0 Å². The summed E-state index contributed by atoms with van der Waals surface area (Å²) in [6.45, 7) is 7.20. The standard InChI is InChI=1S/C13H19N3O2/c1-10-9-15(7-6-14-10)11(2)12-4-3-5-13(8-12)16(17)18/h3-5,8,10-11,14H,6-7,9H2,1-2H3. The molecular weight excluding hydrogens is 230 g/mol. The molecule has 1 aliphatic rings. The van der Waals surface area contributed by atoms with Gasteiger partial charge in [-0.15, -0.1) is 0 Å². The molecule has 0 spiro atoms. The van der Waals surface area contributed by atoms with Crippen LogP contribution in [0.15, 0.2) is 24.3 Å². The molecule has 1 fully saturated rings. The van der Waals surface area contributed by atoms with Gasteiger partial charge in [0.15, 0.2) is 0 Å². The zero-order chi connectivity index (χ0) is 13.1. The van der Waals surface area contributed by atoms with Crippen molar-refractivity contribution in [2.75, 3.05) is 19.6 Å². The van der Waals surface area contributed by atoms with Crippen molar-refractivity contribution < 1.29 is 4.92 Å². The number of non-ortho nitro benzene ring substituents is 1. The molecule has 5 heteroatoms. The Morgan fingerprint density at radius 3 is 3.00 bits per heavy atom. The Balaban J connectivity index is 2.14. The fourth-order valence-electron chi connectivity index (χ4n) is 2.42. The smallest absolute Gasteiger partial charge is 0.269 e. The number of nitro benzene ring substituents is 1. The largest absolute Gasteiger partial charge is 0.312 e. The van der Waals surface area contributed by atoms with E-state index in [0.717, 1.165) is 25.2 Å². The van der Waals surface area contributed by atoms with Crippen molar-refractivity contribution in [2.24, 2.45) is 0 Å². The Morgan fingerprint density at radius 1 is 1.56 bits per heavy atom. The van der Waals surface area contributed by atoms with Gasteiger partial charge in [-0.3, -0.25) is 15.0 Å². The van der Waals surface area contributed by atoms with Gasteiger partial charge in [0.1, 0.15) is 0 Å². The topological polar surface area (TPSA) is 58.4 Å². The summed E-state index contributed by atoms with van der Waals surface area (Å²) in [7, 11) is 0. The molecule has 1 aromatic carbocycles. The van der Waals surface area contributed by atoms with E-state index in [1.165, 1.54) is 6.07 Å². The van der Waals surface area contributed by atoms with E-state index in [1.54, 1.807) is 12.1 Å². The molecule has 0 saturated carbocycles. The number of hydrogen-bond donors (Lipinski definition) is 1. The Morgan fingerprint density at radius 2 is 2.33 bits per heavy atom. The number of rotatable bonds is 3. The fraction of sp³-hybridized carbons (Fsp3) is 0.538. The van der Waals surface area contributed by atoms with Crippen LogP contribution in [0.25, 0.3) is 0 Å². The van der Waals surface area contributed by atoms with Gasteiger partial charge >= 0.3 is 0 Å². The normalized spacial score (nSPS) is 22.7. The van der Waals surface area contributed by atoms with Gasteiger partial charge in [-0.1, -0.05) is 12.1 Å². The molecule has 1 saturated heterocycles. The highest BCUT2D eigenvalue weighted by molar-refractivity contribution is 5.35. The first kappa shape index (κ1) is 13.0. The second-order valence-corrected chi connectivity index (χ2v) is 4.88. The first-order valence-corrected chi connectivity index (χ1v) is 6.29. The number of nitrogens with zero attached hydrogens (tertiary/aromatic N) is 2. The third-order valence-electron chi connectivity index (χ3n) is 3.51. The molecule has 0 amide bonds. The van der Waals surface area contributed by atoms with Gasteiger partial charge in [0.05, 0.1) is 4.92 Å². The number of nitrogens with one attached hydrogen (secondary N) is 1. The van der Waals surface area contributed by atoms with E-state index in [1.807, 2.05) is 6.07 Å². The first-order chi connectivity index (χ1) is 8.58. The van der Waals surface area contributed by atoms with Crippen LogP contribution in [0.2, 0.25) is 0 Å². The molecule has 0 aromatic heterocycles. The summed E-state index contributed by atoms with van der Waals surface area (Å²) in [6, 6.07) is 7.63. The summed E-state index contributed by atoms with van der Waals surface area (Å²) in [4.78, 5) is 12.8. The van der Waals surface area contributed by atoms with E-state index in [4.69, 9.17) is 0 Å². The van der Waals surface area contributed by atoms with Crippen molar-refractivity contribution in [3.05, 3.63) is 39.9 Å². The van der Waals surface area contributed by atoms with Gasteiger partial charge in [0.25, 0.3) is 5.69 Å². The van der Waals surface area contributed by atoms with Crippen LogP contribution in [-0.2, 0) is 0 Å². The zero-order valence-electron chi connectivity index (χ0n) is 10.8. The van der Waals surface area contributed by atoms with E-state index in [-0.39, 0.29) is 16.7 Å². The Kier molecular flexibility index (Phi) is 3.93. The molecule has 18 heavy (non-hydrogen) atoms. The SMILES string of the molecule is CC1CN(C(C)c2cccc([N+](=O)[O-])c2)CCN1. The van der Waals surface area contributed by atoms with Crippen LogP contribution >= 0.6 is 0 Å². The maximum Gasteiger partial charge on any atom is 0.269 e. The molecule has 1 heterocycles. The average molecular weight is 249 g/mol. The van der Waals surface area contributed by atoms with E-state index in [2.05, 4.69) is 24.1 Å². The molecule has 0 aliphatic carbocycles. The molecule has 0 radical (unpaired) electrons. The van der Waals surface area contributed by atoms with Crippen molar-refractivity contribution >= 4 is 5.69 Å². The van der Waals surface area contributed by atoms with Crippen molar-refractivity contribution in [3.8, 4) is 0 Å². The van der Waals surface area contributed by atoms with Gasteiger partial charge in [-0.05, 0) is 19.4 Å². The number of hydrogen-bond acceptors (Lipinski definition) is 4. The molecule has 0 bridgehead atoms.